The van der Waals surface area contributed by atoms with E-state index in [4.69, 9.17) is 4.98 Å². The van der Waals surface area contributed by atoms with Crippen molar-refractivity contribution in [3.05, 3.63) is 89.4 Å². The molecule has 0 radical (unpaired) electrons. The molecule has 4 rings (SSSR count). The van der Waals surface area contributed by atoms with Crippen molar-refractivity contribution >= 4 is 28.8 Å². The number of imidazole rings is 1. The largest absolute Gasteiger partial charge is 0.350 e. The molecule has 0 spiro atoms. The zero-order valence-electron chi connectivity index (χ0n) is 18.1. The summed E-state index contributed by atoms with van der Waals surface area (Å²) in [6.07, 6.45) is 2.30. The molecule has 0 saturated heterocycles. The monoisotopic (exact) mass is 448 g/mol. The number of nitrogens with zero attached hydrogens (tertiary/aromatic N) is 3. The smallest absolute Gasteiger partial charge is 0.243 e. The molecule has 2 aromatic heterocycles. The van der Waals surface area contributed by atoms with Gasteiger partial charge in [-0.25, -0.2) is 14.4 Å². The van der Waals surface area contributed by atoms with Crippen LogP contribution in [0.2, 0.25) is 0 Å². The van der Waals surface area contributed by atoms with Crippen LogP contribution in [0.4, 0.5) is 4.39 Å². The van der Waals surface area contributed by atoms with Gasteiger partial charge >= 0.3 is 0 Å². The minimum atomic E-state index is -0.449. The lowest BCUT2D eigenvalue weighted by Crippen LogP contribution is -2.32. The van der Waals surface area contributed by atoms with Gasteiger partial charge in [0.2, 0.25) is 5.91 Å². The number of thioether (sulfide) groups is 1. The van der Waals surface area contributed by atoms with Gasteiger partial charge in [0.25, 0.3) is 0 Å². The number of pyridine rings is 1. The van der Waals surface area contributed by atoms with Crippen LogP contribution in [0, 0.1) is 12.7 Å². The molecule has 0 fully saturated rings. The Morgan fingerprint density at radius 3 is 2.69 bits per heavy atom. The lowest BCUT2D eigenvalue weighted by Gasteiger charge is -2.19. The predicted octanol–water partition coefficient (Wildman–Crippen LogP) is 5.44. The fourth-order valence-corrected chi connectivity index (χ4v) is 4.56. The van der Waals surface area contributed by atoms with Crippen LogP contribution >= 0.6 is 11.8 Å². The van der Waals surface area contributed by atoms with E-state index in [-0.39, 0.29) is 11.7 Å². The molecular weight excluding hydrogens is 423 g/mol. The molecule has 4 aromatic rings. The van der Waals surface area contributed by atoms with Crippen molar-refractivity contribution < 1.29 is 9.18 Å². The molecule has 32 heavy (non-hydrogen) atoms. The summed E-state index contributed by atoms with van der Waals surface area (Å²) in [7, 11) is 0. The van der Waals surface area contributed by atoms with Gasteiger partial charge in [-0.15, -0.1) is 0 Å². The highest BCUT2D eigenvalue weighted by Gasteiger charge is 2.25. The quantitative estimate of drug-likeness (QED) is 0.365. The number of fused-ring (bicyclic) bond motifs is 1. The minimum Gasteiger partial charge on any atom is -0.350 e. The third kappa shape index (κ3) is 4.99. The average Bonchev–Trinajstić information content (AvgIpc) is 3.16. The van der Waals surface area contributed by atoms with Crippen LogP contribution in [0.3, 0.4) is 0 Å². The first-order valence-electron chi connectivity index (χ1n) is 10.6. The van der Waals surface area contributed by atoms with Crippen LogP contribution in [-0.2, 0) is 17.1 Å². The van der Waals surface area contributed by atoms with Gasteiger partial charge in [0.1, 0.15) is 17.4 Å². The molecule has 1 N–H and O–H groups in total. The third-order valence-electron chi connectivity index (χ3n) is 5.26. The Kier molecular flexibility index (Phi) is 6.85. The number of carbonyl (C=O) groups excluding carboxylic acids is 1. The minimum absolute atomic E-state index is 0.0781. The Morgan fingerprint density at radius 1 is 1.12 bits per heavy atom. The van der Waals surface area contributed by atoms with Crippen molar-refractivity contribution in [2.45, 2.75) is 43.8 Å². The number of benzene rings is 2. The van der Waals surface area contributed by atoms with Gasteiger partial charge in [0.15, 0.2) is 10.8 Å². The van der Waals surface area contributed by atoms with E-state index in [9.17, 15) is 9.18 Å². The van der Waals surface area contributed by atoms with Crippen LogP contribution in [0.1, 0.15) is 36.1 Å². The van der Waals surface area contributed by atoms with E-state index in [0.29, 0.717) is 29.5 Å². The summed E-state index contributed by atoms with van der Waals surface area (Å²) in [5.74, 6) is 0.202. The van der Waals surface area contributed by atoms with Gasteiger partial charge in [-0.05, 0) is 48.7 Å². The fraction of sp³-hybridized carbons (Fsp3) is 0.240. The molecule has 2 heterocycles. The van der Waals surface area contributed by atoms with E-state index < -0.39 is 6.04 Å². The molecule has 7 heteroatoms. The second kappa shape index (κ2) is 9.96. The molecule has 0 aliphatic rings. The molecule has 164 valence electrons. The Balaban J connectivity index is 1.59. The van der Waals surface area contributed by atoms with Crippen molar-refractivity contribution in [3.8, 4) is 0 Å². The number of amides is 1. The molecule has 1 unspecified atom stereocenters. The lowest BCUT2D eigenvalue weighted by molar-refractivity contribution is -0.124. The molecule has 1 atom stereocenters. The van der Waals surface area contributed by atoms with Crippen molar-refractivity contribution in [1.29, 1.82) is 0 Å². The van der Waals surface area contributed by atoms with Gasteiger partial charge in [0, 0.05) is 18.5 Å². The van der Waals surface area contributed by atoms with E-state index in [1.807, 2.05) is 60.9 Å². The number of aromatic nitrogens is 3. The summed E-state index contributed by atoms with van der Waals surface area (Å²) in [5.41, 5.74) is 4.50. The van der Waals surface area contributed by atoms with Crippen LogP contribution in [0.5, 0.6) is 0 Å². The van der Waals surface area contributed by atoms with Crippen LogP contribution in [0.25, 0.3) is 11.2 Å². The van der Waals surface area contributed by atoms with Crippen molar-refractivity contribution in [2.75, 3.05) is 0 Å². The first-order chi connectivity index (χ1) is 15.5. The number of hydrogen-bond donors (Lipinski definition) is 1. The zero-order chi connectivity index (χ0) is 22.5. The van der Waals surface area contributed by atoms with Gasteiger partial charge in [-0.3, -0.25) is 9.36 Å². The molecule has 5 nitrogen and oxygen atoms in total. The third-order valence-corrected chi connectivity index (χ3v) is 6.29. The van der Waals surface area contributed by atoms with Gasteiger partial charge in [0.05, 0.1) is 0 Å². The number of aryl methyl sites for hydroxylation is 1. The van der Waals surface area contributed by atoms with E-state index >= 15 is 0 Å². The summed E-state index contributed by atoms with van der Waals surface area (Å²) < 4.78 is 15.5. The lowest BCUT2D eigenvalue weighted by atomic mass is 10.1. The van der Waals surface area contributed by atoms with Gasteiger partial charge in [-0.2, -0.15) is 0 Å². The van der Waals surface area contributed by atoms with E-state index in [2.05, 4.69) is 10.3 Å². The summed E-state index contributed by atoms with van der Waals surface area (Å²) in [5, 5.41) is 3.75. The Hall–Kier alpha value is -3.19. The number of hydrogen-bond acceptors (Lipinski definition) is 4. The molecule has 0 saturated carbocycles. The van der Waals surface area contributed by atoms with Crippen molar-refractivity contribution in [3.63, 3.8) is 0 Å². The Labute approximate surface area is 191 Å². The maximum absolute atomic E-state index is 13.6. The van der Waals surface area contributed by atoms with Crippen LogP contribution in [0.15, 0.2) is 72.0 Å². The Morgan fingerprint density at radius 2 is 1.94 bits per heavy atom. The molecule has 0 aliphatic carbocycles. The van der Waals surface area contributed by atoms with E-state index in [0.717, 1.165) is 16.6 Å². The average molecular weight is 449 g/mol. The highest BCUT2D eigenvalue weighted by molar-refractivity contribution is 7.98. The number of carbonyl (C=O) groups is 1. The summed E-state index contributed by atoms with van der Waals surface area (Å²) >= 11 is 1.48. The Bertz CT molecular complexity index is 1220. The van der Waals surface area contributed by atoms with E-state index in [1.54, 1.807) is 12.3 Å². The van der Waals surface area contributed by atoms with Crippen molar-refractivity contribution in [1.82, 2.24) is 19.9 Å². The molecule has 1 amide bonds. The van der Waals surface area contributed by atoms with Crippen LogP contribution < -0.4 is 5.32 Å². The topological polar surface area (TPSA) is 59.8 Å². The molecular formula is C25H25FN4OS. The maximum Gasteiger partial charge on any atom is 0.243 e. The van der Waals surface area contributed by atoms with Gasteiger partial charge < -0.3 is 5.32 Å². The second-order valence-electron chi connectivity index (χ2n) is 7.66. The zero-order valence-corrected chi connectivity index (χ0v) is 18.9. The fourth-order valence-electron chi connectivity index (χ4n) is 3.56. The first kappa shape index (κ1) is 22.0. The van der Waals surface area contributed by atoms with E-state index in [1.165, 1.54) is 29.5 Å². The number of halogens is 1. The SMILES string of the molecule is CCC(C(=O)NCc1ccc(C)cc1)n1c(SCc2cccc(F)c2)nc2cccnc21. The highest BCUT2D eigenvalue weighted by Crippen LogP contribution is 2.30. The maximum atomic E-state index is 13.6. The van der Waals surface area contributed by atoms with Gasteiger partial charge in [-0.1, -0.05) is 60.6 Å². The normalized spacial score (nSPS) is 12.1. The molecule has 0 aliphatic heterocycles. The number of rotatable bonds is 8. The summed E-state index contributed by atoms with van der Waals surface area (Å²) in [6, 6.07) is 17.9. The first-order valence-corrected chi connectivity index (χ1v) is 11.6. The predicted molar refractivity (Wildman–Crippen MR) is 126 cm³/mol. The highest BCUT2D eigenvalue weighted by atomic mass is 32.2. The van der Waals surface area contributed by atoms with Crippen LogP contribution in [-0.4, -0.2) is 20.4 Å². The standard InChI is InChI=1S/C25H25FN4OS/c1-3-22(24(31)28-15-18-11-9-17(2)10-12-18)30-23-21(8-5-13-27-23)29-25(30)32-16-19-6-4-7-20(26)14-19/h4-14,22H,3,15-16H2,1-2H3,(H,28,31). The number of nitrogens with one attached hydrogen (secondary N) is 1. The van der Waals surface area contributed by atoms with Crippen molar-refractivity contribution in [2.24, 2.45) is 0 Å². The summed E-state index contributed by atoms with van der Waals surface area (Å²) in [4.78, 5) is 22.4. The molecule has 0 bridgehead atoms. The second-order valence-corrected chi connectivity index (χ2v) is 8.60. The summed E-state index contributed by atoms with van der Waals surface area (Å²) in [6.45, 7) is 4.48. The molecule has 2 aromatic carbocycles.